The summed E-state index contributed by atoms with van der Waals surface area (Å²) in [7, 11) is -3.39. The van der Waals surface area contributed by atoms with Crippen molar-refractivity contribution in [1.82, 2.24) is 4.72 Å². The monoisotopic (exact) mass is 217 g/mol. The first-order valence-electron chi connectivity index (χ1n) is 3.34. The zero-order valence-corrected chi connectivity index (χ0v) is 7.98. The maximum Gasteiger partial charge on any atom is 0.212 e. The van der Waals surface area contributed by atoms with Crippen LogP contribution in [-0.2, 0) is 10.0 Å². The molecular weight excluding hydrogens is 206 g/mol. The summed E-state index contributed by atoms with van der Waals surface area (Å²) < 4.78 is 23.8. The van der Waals surface area contributed by atoms with Gasteiger partial charge in [0.05, 0.1) is 18.5 Å². The molecule has 0 fully saturated rings. The molecule has 0 saturated carbocycles. The topological polar surface area (TPSA) is 86.6 Å². The first kappa shape index (κ1) is 12.1. The second-order valence-electron chi connectivity index (χ2n) is 2.19. The number of halogens is 1. The summed E-state index contributed by atoms with van der Waals surface area (Å²) in [4.78, 5) is 0. The van der Waals surface area contributed by atoms with E-state index in [0.29, 0.717) is 0 Å². The van der Waals surface area contributed by atoms with E-state index in [4.69, 9.17) is 21.8 Å². The zero-order valence-electron chi connectivity index (χ0n) is 6.40. The van der Waals surface area contributed by atoms with Crippen molar-refractivity contribution in [2.45, 2.75) is 6.10 Å². The number of hydrogen-bond acceptors (Lipinski definition) is 4. The molecule has 0 aromatic heterocycles. The predicted octanol–water partition coefficient (Wildman–Crippen LogP) is -1.50. The molecule has 0 aliphatic rings. The summed E-state index contributed by atoms with van der Waals surface area (Å²) in [6, 6.07) is 0. The third-order valence-corrected chi connectivity index (χ3v) is 2.86. The smallest absolute Gasteiger partial charge is 0.212 e. The average Bonchev–Trinajstić information content (AvgIpc) is 2.00. The zero-order chi connectivity index (χ0) is 9.61. The van der Waals surface area contributed by atoms with Crippen LogP contribution in [0.15, 0.2) is 0 Å². The Kier molecular flexibility index (Phi) is 5.77. The molecule has 0 bridgehead atoms. The van der Waals surface area contributed by atoms with Gasteiger partial charge >= 0.3 is 0 Å². The van der Waals surface area contributed by atoms with Crippen LogP contribution in [0.4, 0.5) is 0 Å². The number of sulfonamides is 1. The lowest BCUT2D eigenvalue weighted by atomic mass is 10.4. The number of hydrogen-bond donors (Lipinski definition) is 3. The summed E-state index contributed by atoms with van der Waals surface area (Å²) in [6.07, 6.45) is -1.06. The van der Waals surface area contributed by atoms with Crippen molar-refractivity contribution in [3.8, 4) is 0 Å². The Morgan fingerprint density at radius 2 is 2.08 bits per heavy atom. The van der Waals surface area contributed by atoms with Gasteiger partial charge in [-0.3, -0.25) is 0 Å². The minimum atomic E-state index is -3.39. The van der Waals surface area contributed by atoms with Crippen molar-refractivity contribution < 1.29 is 18.6 Å². The van der Waals surface area contributed by atoms with Crippen LogP contribution in [0.3, 0.4) is 0 Å². The second kappa shape index (κ2) is 5.71. The van der Waals surface area contributed by atoms with Gasteiger partial charge in [-0.2, -0.15) is 0 Å². The lowest BCUT2D eigenvalue weighted by molar-refractivity contribution is 0.0988. The van der Waals surface area contributed by atoms with Gasteiger partial charge in [-0.25, -0.2) is 13.1 Å². The average molecular weight is 218 g/mol. The fourth-order valence-corrected chi connectivity index (χ4v) is 1.86. The predicted molar refractivity (Wildman–Crippen MR) is 45.6 cm³/mol. The highest BCUT2D eigenvalue weighted by molar-refractivity contribution is 7.89. The van der Waals surface area contributed by atoms with Gasteiger partial charge in [-0.1, -0.05) is 0 Å². The van der Waals surface area contributed by atoms with Gasteiger partial charge < -0.3 is 10.2 Å². The van der Waals surface area contributed by atoms with Gasteiger partial charge in [0.1, 0.15) is 0 Å². The number of aliphatic hydroxyl groups excluding tert-OH is 2. The summed E-state index contributed by atoms with van der Waals surface area (Å²) in [5.74, 6) is -0.183. The Morgan fingerprint density at radius 3 is 2.50 bits per heavy atom. The molecule has 0 radical (unpaired) electrons. The van der Waals surface area contributed by atoms with Crippen LogP contribution in [0.2, 0.25) is 0 Å². The second-order valence-corrected chi connectivity index (χ2v) is 4.50. The van der Waals surface area contributed by atoms with Crippen molar-refractivity contribution in [2.75, 3.05) is 24.8 Å². The third-order valence-electron chi connectivity index (χ3n) is 1.10. The maximum absolute atomic E-state index is 10.9. The molecule has 0 aromatic carbocycles. The van der Waals surface area contributed by atoms with E-state index in [1.54, 1.807) is 0 Å². The van der Waals surface area contributed by atoms with Crippen LogP contribution in [0.1, 0.15) is 0 Å². The Hall–Kier alpha value is 0.120. The molecule has 0 saturated heterocycles. The van der Waals surface area contributed by atoms with E-state index in [9.17, 15) is 8.42 Å². The fraction of sp³-hybridized carbons (Fsp3) is 1.00. The quantitative estimate of drug-likeness (QED) is 0.473. The molecule has 0 aliphatic heterocycles. The van der Waals surface area contributed by atoms with E-state index >= 15 is 0 Å². The molecule has 74 valence electrons. The van der Waals surface area contributed by atoms with Gasteiger partial charge in [0.15, 0.2) is 0 Å². The maximum atomic E-state index is 10.9. The normalized spacial score (nSPS) is 14.6. The van der Waals surface area contributed by atoms with Crippen molar-refractivity contribution in [2.24, 2.45) is 0 Å². The highest BCUT2D eigenvalue weighted by Gasteiger charge is 2.10. The summed E-state index contributed by atoms with van der Waals surface area (Å²) in [5.41, 5.74) is 0. The van der Waals surface area contributed by atoms with Crippen LogP contribution in [-0.4, -0.2) is 49.5 Å². The van der Waals surface area contributed by atoms with Gasteiger partial charge in [-0.15, -0.1) is 11.6 Å². The van der Waals surface area contributed by atoms with Crippen LogP contribution < -0.4 is 4.72 Å². The van der Waals surface area contributed by atoms with Crippen LogP contribution in [0.5, 0.6) is 0 Å². The van der Waals surface area contributed by atoms with Gasteiger partial charge in [0, 0.05) is 12.4 Å². The molecule has 5 nitrogen and oxygen atoms in total. The molecule has 0 aromatic rings. The summed E-state index contributed by atoms with van der Waals surface area (Å²) >= 11 is 5.20. The number of aliphatic hydroxyl groups is 2. The lowest BCUT2D eigenvalue weighted by Crippen LogP contribution is -2.35. The molecule has 0 amide bonds. The molecular formula is C5H12ClNO4S. The number of rotatable bonds is 6. The minimum absolute atomic E-state index is 0.00452. The molecule has 0 heterocycles. The van der Waals surface area contributed by atoms with Gasteiger partial charge in [-0.05, 0) is 0 Å². The van der Waals surface area contributed by atoms with E-state index in [1.807, 2.05) is 0 Å². The summed E-state index contributed by atoms with van der Waals surface area (Å²) in [6.45, 7) is -0.654. The largest absolute Gasteiger partial charge is 0.394 e. The standard InChI is InChI=1S/C5H12ClNO4S/c6-1-2-12(10,11)7-3-5(9)4-8/h5,7-9H,1-4H2. The first-order valence-corrected chi connectivity index (χ1v) is 5.52. The number of alkyl halides is 1. The Balaban J connectivity index is 3.76. The first-order chi connectivity index (χ1) is 5.52. The number of nitrogens with one attached hydrogen (secondary N) is 1. The highest BCUT2D eigenvalue weighted by atomic mass is 35.5. The lowest BCUT2D eigenvalue weighted by Gasteiger charge is -2.08. The molecule has 0 rings (SSSR count). The van der Waals surface area contributed by atoms with E-state index < -0.39 is 22.7 Å². The molecule has 1 atom stereocenters. The third kappa shape index (κ3) is 5.73. The molecule has 7 heteroatoms. The minimum Gasteiger partial charge on any atom is -0.394 e. The SMILES string of the molecule is O=S(=O)(CCCl)NCC(O)CO. The van der Waals surface area contributed by atoms with Crippen LogP contribution >= 0.6 is 11.6 Å². The Bertz CT molecular complexity index is 205. The van der Waals surface area contributed by atoms with E-state index in [0.717, 1.165) is 0 Å². The molecule has 0 spiro atoms. The summed E-state index contributed by atoms with van der Waals surface area (Å²) in [5, 5.41) is 17.1. The van der Waals surface area contributed by atoms with Gasteiger partial charge in [0.2, 0.25) is 10.0 Å². The fourth-order valence-electron chi connectivity index (χ4n) is 0.461. The van der Waals surface area contributed by atoms with Crippen LogP contribution in [0, 0.1) is 0 Å². The van der Waals surface area contributed by atoms with Crippen molar-refractivity contribution in [1.29, 1.82) is 0 Å². The van der Waals surface area contributed by atoms with Crippen molar-refractivity contribution in [3.63, 3.8) is 0 Å². The molecule has 0 aliphatic carbocycles. The highest BCUT2D eigenvalue weighted by Crippen LogP contribution is 1.87. The van der Waals surface area contributed by atoms with Crippen molar-refractivity contribution >= 4 is 21.6 Å². The van der Waals surface area contributed by atoms with Gasteiger partial charge in [0.25, 0.3) is 0 Å². The van der Waals surface area contributed by atoms with E-state index in [1.165, 1.54) is 0 Å². The Morgan fingerprint density at radius 1 is 1.50 bits per heavy atom. The van der Waals surface area contributed by atoms with E-state index in [2.05, 4.69) is 4.72 Å². The Labute approximate surface area is 76.4 Å². The van der Waals surface area contributed by atoms with Crippen molar-refractivity contribution in [3.05, 3.63) is 0 Å². The molecule has 12 heavy (non-hydrogen) atoms. The van der Waals surface area contributed by atoms with E-state index in [-0.39, 0.29) is 18.2 Å². The molecule has 3 N–H and O–H groups in total. The van der Waals surface area contributed by atoms with Crippen LogP contribution in [0.25, 0.3) is 0 Å². The molecule has 1 unspecified atom stereocenters.